The van der Waals surface area contributed by atoms with Crippen LogP contribution in [0.25, 0.3) is 10.4 Å². The van der Waals surface area contributed by atoms with Gasteiger partial charge in [-0.1, -0.05) is 19.0 Å². The lowest BCUT2D eigenvalue weighted by atomic mass is 9.94. The molecule has 0 aromatic rings. The molecule has 1 fully saturated rings. The van der Waals surface area contributed by atoms with E-state index in [4.69, 9.17) is 15.4 Å². The van der Waals surface area contributed by atoms with Crippen molar-refractivity contribution in [3.63, 3.8) is 0 Å². The molecule has 16 heavy (non-hydrogen) atoms. The topological polar surface area (TPSA) is 119 Å². The SMILES string of the molecule is CC.C[C@@H]1O[C@H](CO)C(O)C(N=[N+]=[N-])C1O. The van der Waals surface area contributed by atoms with Gasteiger partial charge in [0.05, 0.1) is 31.0 Å². The van der Waals surface area contributed by atoms with Crippen LogP contribution in [-0.2, 0) is 4.74 Å². The predicted octanol–water partition coefficient (Wildman–Crippen LogP) is 0.193. The molecular weight excluding hydrogens is 214 g/mol. The maximum absolute atomic E-state index is 9.54. The fraction of sp³-hybridized carbons (Fsp3) is 1.00. The van der Waals surface area contributed by atoms with Crippen molar-refractivity contribution < 1.29 is 20.1 Å². The Labute approximate surface area is 94.3 Å². The van der Waals surface area contributed by atoms with Gasteiger partial charge in [0, 0.05) is 4.91 Å². The first-order valence-electron chi connectivity index (χ1n) is 5.28. The third kappa shape index (κ3) is 3.33. The summed E-state index contributed by atoms with van der Waals surface area (Å²) in [4.78, 5) is 2.53. The zero-order chi connectivity index (χ0) is 12.7. The number of hydrogen-bond acceptors (Lipinski definition) is 5. The van der Waals surface area contributed by atoms with Crippen molar-refractivity contribution in [2.24, 2.45) is 5.11 Å². The molecule has 7 heteroatoms. The van der Waals surface area contributed by atoms with Gasteiger partial charge in [-0.05, 0) is 12.5 Å². The average molecular weight is 233 g/mol. The number of aliphatic hydroxyl groups excluding tert-OH is 3. The van der Waals surface area contributed by atoms with Crippen molar-refractivity contribution in [3.8, 4) is 0 Å². The summed E-state index contributed by atoms with van der Waals surface area (Å²) in [6.45, 7) is 5.20. The Morgan fingerprint density at radius 2 is 1.88 bits per heavy atom. The molecule has 0 radical (unpaired) electrons. The Bertz CT molecular complexity index is 245. The Morgan fingerprint density at radius 1 is 1.31 bits per heavy atom. The van der Waals surface area contributed by atoms with Crippen molar-refractivity contribution in [1.82, 2.24) is 0 Å². The Kier molecular flexibility index (Phi) is 7.03. The summed E-state index contributed by atoms with van der Waals surface area (Å²) in [5.41, 5.74) is 8.23. The van der Waals surface area contributed by atoms with Crippen LogP contribution in [0.2, 0.25) is 0 Å². The first-order valence-corrected chi connectivity index (χ1v) is 5.28. The van der Waals surface area contributed by atoms with E-state index in [9.17, 15) is 10.2 Å². The average Bonchev–Trinajstić information content (AvgIpc) is 2.32. The summed E-state index contributed by atoms with van der Waals surface area (Å²) in [6.07, 6.45) is -3.62. The van der Waals surface area contributed by atoms with Crippen molar-refractivity contribution in [1.29, 1.82) is 0 Å². The molecular formula is C9H19N3O4. The fourth-order valence-electron chi connectivity index (χ4n) is 1.48. The molecule has 1 rings (SSSR count). The standard InChI is InChI=1S/C7H13N3O4.C2H6/c1-3-6(12)5(9-10-8)7(13)4(2-11)14-3;1-2/h3-7,11-13H,2H2,1H3;1-2H3/t3-,4+,5?,6?,7?;/m0./s1. The van der Waals surface area contributed by atoms with E-state index in [-0.39, 0.29) is 6.61 Å². The van der Waals surface area contributed by atoms with E-state index in [1.54, 1.807) is 6.92 Å². The van der Waals surface area contributed by atoms with Gasteiger partial charge in [0.25, 0.3) is 0 Å². The molecule has 1 aliphatic heterocycles. The molecule has 0 bridgehead atoms. The lowest BCUT2D eigenvalue weighted by molar-refractivity contribution is -0.182. The number of nitrogens with zero attached hydrogens (tertiary/aromatic N) is 3. The first-order chi connectivity index (χ1) is 7.61. The molecule has 1 saturated heterocycles. The highest BCUT2D eigenvalue weighted by molar-refractivity contribution is 4.95. The monoisotopic (exact) mass is 233 g/mol. The van der Waals surface area contributed by atoms with Crippen LogP contribution in [0.5, 0.6) is 0 Å². The lowest BCUT2D eigenvalue weighted by Gasteiger charge is -2.39. The van der Waals surface area contributed by atoms with Crippen LogP contribution in [0.1, 0.15) is 20.8 Å². The van der Waals surface area contributed by atoms with Crippen molar-refractivity contribution in [2.75, 3.05) is 6.61 Å². The maximum Gasteiger partial charge on any atom is 0.107 e. The summed E-state index contributed by atoms with van der Waals surface area (Å²) in [7, 11) is 0. The number of hydrogen-bond donors (Lipinski definition) is 3. The highest BCUT2D eigenvalue weighted by Crippen LogP contribution is 2.23. The third-order valence-electron chi connectivity index (χ3n) is 2.32. The fourth-order valence-corrected chi connectivity index (χ4v) is 1.48. The van der Waals surface area contributed by atoms with Crippen LogP contribution in [0, 0.1) is 0 Å². The summed E-state index contributed by atoms with van der Waals surface area (Å²) in [5.74, 6) is 0. The van der Waals surface area contributed by atoms with Crippen LogP contribution in [-0.4, -0.2) is 52.4 Å². The van der Waals surface area contributed by atoms with Gasteiger partial charge in [0.1, 0.15) is 6.10 Å². The van der Waals surface area contributed by atoms with Gasteiger partial charge in [0.2, 0.25) is 0 Å². The van der Waals surface area contributed by atoms with E-state index in [1.165, 1.54) is 0 Å². The molecule has 0 spiro atoms. The van der Waals surface area contributed by atoms with Crippen LogP contribution in [0.15, 0.2) is 5.11 Å². The normalized spacial score (nSPS) is 38.0. The molecule has 0 aliphatic carbocycles. The zero-order valence-electron chi connectivity index (χ0n) is 9.69. The zero-order valence-corrected chi connectivity index (χ0v) is 9.69. The molecule has 1 heterocycles. The summed E-state index contributed by atoms with van der Waals surface area (Å²) >= 11 is 0. The summed E-state index contributed by atoms with van der Waals surface area (Å²) in [5, 5.41) is 31.2. The highest BCUT2D eigenvalue weighted by Gasteiger charge is 2.41. The molecule has 0 saturated carbocycles. The van der Waals surface area contributed by atoms with Crippen LogP contribution in [0.3, 0.4) is 0 Å². The third-order valence-corrected chi connectivity index (χ3v) is 2.32. The van der Waals surface area contributed by atoms with E-state index >= 15 is 0 Å². The number of azide groups is 1. The van der Waals surface area contributed by atoms with E-state index in [0.29, 0.717) is 0 Å². The minimum absolute atomic E-state index is 0.379. The van der Waals surface area contributed by atoms with E-state index in [1.807, 2.05) is 13.8 Å². The Morgan fingerprint density at radius 3 is 2.31 bits per heavy atom. The van der Waals surface area contributed by atoms with E-state index < -0.39 is 30.5 Å². The predicted molar refractivity (Wildman–Crippen MR) is 57.7 cm³/mol. The number of rotatable bonds is 2. The minimum Gasteiger partial charge on any atom is -0.394 e. The van der Waals surface area contributed by atoms with Gasteiger partial charge in [0.15, 0.2) is 0 Å². The molecule has 0 aromatic heterocycles. The number of ether oxygens (including phenoxy) is 1. The first kappa shape index (κ1) is 15.2. The van der Waals surface area contributed by atoms with Gasteiger partial charge in [-0.3, -0.25) is 0 Å². The molecule has 0 aromatic carbocycles. The molecule has 3 N–H and O–H groups in total. The Balaban J connectivity index is 0.00000106. The number of aliphatic hydroxyl groups is 3. The van der Waals surface area contributed by atoms with E-state index in [0.717, 1.165) is 0 Å². The highest BCUT2D eigenvalue weighted by atomic mass is 16.5. The van der Waals surface area contributed by atoms with Crippen molar-refractivity contribution in [2.45, 2.75) is 51.2 Å². The molecule has 1 aliphatic rings. The maximum atomic E-state index is 9.54. The van der Waals surface area contributed by atoms with Gasteiger partial charge in [-0.25, -0.2) is 0 Å². The second kappa shape index (κ2) is 7.43. The van der Waals surface area contributed by atoms with Gasteiger partial charge < -0.3 is 20.1 Å². The minimum atomic E-state index is -1.18. The summed E-state index contributed by atoms with van der Waals surface area (Å²) in [6, 6.07) is -0.971. The second-order valence-corrected chi connectivity index (χ2v) is 3.24. The molecule has 0 amide bonds. The van der Waals surface area contributed by atoms with Gasteiger partial charge in [-0.15, -0.1) is 0 Å². The molecule has 94 valence electrons. The van der Waals surface area contributed by atoms with Crippen LogP contribution >= 0.6 is 0 Å². The molecule has 7 nitrogen and oxygen atoms in total. The van der Waals surface area contributed by atoms with Crippen molar-refractivity contribution in [3.05, 3.63) is 10.4 Å². The Hall–Kier alpha value is -0.850. The van der Waals surface area contributed by atoms with Gasteiger partial charge >= 0.3 is 0 Å². The smallest absolute Gasteiger partial charge is 0.107 e. The van der Waals surface area contributed by atoms with Crippen LogP contribution < -0.4 is 0 Å². The second-order valence-electron chi connectivity index (χ2n) is 3.24. The quantitative estimate of drug-likeness (QED) is 0.358. The van der Waals surface area contributed by atoms with Gasteiger partial charge in [-0.2, -0.15) is 0 Å². The largest absolute Gasteiger partial charge is 0.394 e. The van der Waals surface area contributed by atoms with E-state index in [2.05, 4.69) is 10.0 Å². The molecule has 5 atom stereocenters. The van der Waals surface area contributed by atoms with Crippen molar-refractivity contribution >= 4 is 0 Å². The molecule has 3 unspecified atom stereocenters. The van der Waals surface area contributed by atoms with Crippen LogP contribution in [0.4, 0.5) is 0 Å². The lowest BCUT2D eigenvalue weighted by Crippen LogP contribution is -2.56. The summed E-state index contributed by atoms with van der Waals surface area (Å²) < 4.78 is 5.10.